The molecule has 0 saturated carbocycles. The maximum absolute atomic E-state index is 12.5. The first-order valence-corrected chi connectivity index (χ1v) is 10.9. The highest BCUT2D eigenvalue weighted by Crippen LogP contribution is 2.28. The molecule has 2 amide bonds. The maximum Gasteiger partial charge on any atom is 0.283 e. The van der Waals surface area contributed by atoms with Crippen LogP contribution in [0, 0.1) is 10.1 Å². The summed E-state index contributed by atoms with van der Waals surface area (Å²) in [6.07, 6.45) is 3.20. The molecule has 3 rings (SSSR count). The molecule has 2 N–H and O–H groups in total. The van der Waals surface area contributed by atoms with Gasteiger partial charge in [0.1, 0.15) is 0 Å². The predicted octanol–water partition coefficient (Wildman–Crippen LogP) is 3.15. The minimum atomic E-state index is -0.471. The van der Waals surface area contributed by atoms with E-state index in [1.807, 2.05) is 30.3 Å². The van der Waals surface area contributed by atoms with Crippen molar-refractivity contribution in [3.05, 3.63) is 64.2 Å². The smallest absolute Gasteiger partial charge is 0.283 e. The van der Waals surface area contributed by atoms with E-state index in [1.165, 1.54) is 17.8 Å². The summed E-state index contributed by atoms with van der Waals surface area (Å²) in [7, 11) is 0. The number of nitro groups is 1. The van der Waals surface area contributed by atoms with Crippen LogP contribution in [0.2, 0.25) is 0 Å². The molecule has 0 atom stereocenters. The Morgan fingerprint density at radius 2 is 1.87 bits per heavy atom. The molecule has 0 aromatic heterocycles. The quantitative estimate of drug-likeness (QED) is 0.399. The summed E-state index contributed by atoms with van der Waals surface area (Å²) >= 11 is 1.27. The molecule has 1 heterocycles. The molecule has 1 aliphatic rings. The summed E-state index contributed by atoms with van der Waals surface area (Å²) in [5.41, 5.74) is 0.991. The van der Waals surface area contributed by atoms with E-state index in [-0.39, 0.29) is 29.1 Å². The lowest BCUT2D eigenvalue weighted by Crippen LogP contribution is -2.46. The third-order valence-corrected chi connectivity index (χ3v) is 5.77. The highest BCUT2D eigenvalue weighted by atomic mass is 32.2. The van der Waals surface area contributed by atoms with E-state index in [2.05, 4.69) is 15.5 Å². The molecule has 0 spiro atoms. The summed E-state index contributed by atoms with van der Waals surface area (Å²) in [4.78, 5) is 38.0. The van der Waals surface area contributed by atoms with Gasteiger partial charge in [-0.3, -0.25) is 24.6 Å². The maximum atomic E-state index is 12.5. The van der Waals surface area contributed by atoms with Gasteiger partial charge in [0.15, 0.2) is 0 Å². The summed E-state index contributed by atoms with van der Waals surface area (Å²) in [5, 5.41) is 17.0. The highest BCUT2D eigenvalue weighted by molar-refractivity contribution is 7.98. The molecule has 1 fully saturated rings. The number of hydrogen-bond acceptors (Lipinski definition) is 6. The van der Waals surface area contributed by atoms with Gasteiger partial charge < -0.3 is 10.6 Å². The number of anilines is 1. The van der Waals surface area contributed by atoms with E-state index in [0.717, 1.165) is 18.5 Å². The zero-order valence-electron chi connectivity index (χ0n) is 16.7. The third kappa shape index (κ3) is 5.80. The van der Waals surface area contributed by atoms with Crippen molar-refractivity contribution in [3.8, 4) is 0 Å². The number of benzene rings is 2. The number of carbonyl (C=O) groups is 2. The summed E-state index contributed by atoms with van der Waals surface area (Å²) in [6.45, 7) is 1.69. The molecule has 8 nitrogen and oxygen atoms in total. The van der Waals surface area contributed by atoms with Crippen molar-refractivity contribution in [3.63, 3.8) is 0 Å². The van der Waals surface area contributed by atoms with Crippen LogP contribution in [0.1, 0.15) is 23.2 Å². The fourth-order valence-electron chi connectivity index (χ4n) is 3.40. The Morgan fingerprint density at radius 1 is 1.17 bits per heavy atom. The van der Waals surface area contributed by atoms with Gasteiger partial charge in [0, 0.05) is 36.4 Å². The average Bonchev–Trinajstić information content (AvgIpc) is 2.75. The molecule has 1 aliphatic heterocycles. The Labute approximate surface area is 179 Å². The number of amides is 2. The van der Waals surface area contributed by atoms with Gasteiger partial charge in [0.25, 0.3) is 11.6 Å². The van der Waals surface area contributed by atoms with E-state index >= 15 is 0 Å². The number of nitro benzene ring substituents is 1. The topological polar surface area (TPSA) is 105 Å². The summed E-state index contributed by atoms with van der Waals surface area (Å²) in [5.74, 6) is -0.379. The number of para-hydroxylation sites is 1. The lowest BCUT2D eigenvalue weighted by atomic mass is 10.0. The van der Waals surface area contributed by atoms with Gasteiger partial charge in [-0.15, -0.1) is 11.8 Å². The molecule has 2 aromatic carbocycles. The lowest BCUT2D eigenvalue weighted by Gasteiger charge is -2.31. The zero-order chi connectivity index (χ0) is 21.5. The van der Waals surface area contributed by atoms with Crippen LogP contribution in [0.5, 0.6) is 0 Å². The van der Waals surface area contributed by atoms with Crippen LogP contribution in [0.4, 0.5) is 11.4 Å². The van der Waals surface area contributed by atoms with Crippen molar-refractivity contribution in [2.24, 2.45) is 0 Å². The number of hydrogen-bond donors (Lipinski definition) is 2. The van der Waals surface area contributed by atoms with Crippen LogP contribution in [0.25, 0.3) is 0 Å². The first-order chi connectivity index (χ1) is 14.5. The normalized spacial score (nSPS) is 14.8. The Kier molecular flexibility index (Phi) is 7.42. The molecule has 9 heteroatoms. The lowest BCUT2D eigenvalue weighted by molar-refractivity contribution is -0.387. The van der Waals surface area contributed by atoms with Crippen molar-refractivity contribution >= 4 is 35.0 Å². The van der Waals surface area contributed by atoms with Crippen molar-refractivity contribution < 1.29 is 14.5 Å². The van der Waals surface area contributed by atoms with E-state index in [0.29, 0.717) is 24.5 Å². The van der Waals surface area contributed by atoms with Crippen LogP contribution in [0.15, 0.2) is 53.4 Å². The monoisotopic (exact) mass is 428 g/mol. The Morgan fingerprint density at radius 3 is 2.50 bits per heavy atom. The largest absolute Gasteiger partial charge is 0.349 e. The Balaban J connectivity index is 1.48. The fourth-order valence-corrected chi connectivity index (χ4v) is 3.95. The second-order valence-electron chi connectivity index (χ2n) is 7.08. The Hall–Kier alpha value is -2.91. The average molecular weight is 429 g/mol. The molecule has 0 unspecified atom stereocenters. The number of likely N-dealkylation sites (tertiary alicyclic amines) is 1. The first kappa shape index (κ1) is 21.8. The highest BCUT2D eigenvalue weighted by Gasteiger charge is 2.24. The molecule has 0 bridgehead atoms. The van der Waals surface area contributed by atoms with E-state index < -0.39 is 4.92 Å². The molecule has 2 aromatic rings. The van der Waals surface area contributed by atoms with Crippen molar-refractivity contribution in [2.45, 2.75) is 23.8 Å². The first-order valence-electron chi connectivity index (χ1n) is 9.67. The summed E-state index contributed by atoms with van der Waals surface area (Å²) < 4.78 is 0. The van der Waals surface area contributed by atoms with Gasteiger partial charge in [-0.1, -0.05) is 18.2 Å². The molecule has 0 aliphatic carbocycles. The van der Waals surface area contributed by atoms with Gasteiger partial charge in [-0.2, -0.15) is 0 Å². The van der Waals surface area contributed by atoms with Crippen molar-refractivity contribution in [2.75, 3.05) is 31.2 Å². The molecular weight excluding hydrogens is 404 g/mol. The molecule has 0 radical (unpaired) electrons. The number of carbonyl (C=O) groups excluding carboxylic acids is 2. The molecule has 30 heavy (non-hydrogen) atoms. The van der Waals surface area contributed by atoms with Crippen LogP contribution in [-0.2, 0) is 4.79 Å². The minimum absolute atomic E-state index is 0.0229. The van der Waals surface area contributed by atoms with Crippen LogP contribution in [-0.4, -0.2) is 53.6 Å². The standard InChI is InChI=1S/C21H24N4O4S/c1-30-19-8-7-15(13-18(19)25(28)29)21(27)23-17-9-11-24(12-10-17)14-20(26)22-16-5-3-2-4-6-16/h2-8,13,17H,9-12,14H2,1H3,(H,22,26)(H,23,27). The number of rotatable bonds is 7. The van der Waals surface area contributed by atoms with Gasteiger partial charge in [-0.25, -0.2) is 0 Å². The number of thioether (sulfide) groups is 1. The van der Waals surface area contributed by atoms with E-state index in [1.54, 1.807) is 18.4 Å². The van der Waals surface area contributed by atoms with Crippen LogP contribution in [0.3, 0.4) is 0 Å². The number of piperidine rings is 1. The van der Waals surface area contributed by atoms with Crippen molar-refractivity contribution in [1.29, 1.82) is 0 Å². The number of nitrogens with zero attached hydrogens (tertiary/aromatic N) is 2. The SMILES string of the molecule is CSc1ccc(C(=O)NC2CCN(CC(=O)Nc3ccccc3)CC2)cc1[N+](=O)[O-]. The van der Waals surface area contributed by atoms with Crippen LogP contribution < -0.4 is 10.6 Å². The second-order valence-corrected chi connectivity index (χ2v) is 7.93. The van der Waals surface area contributed by atoms with Gasteiger partial charge in [0.2, 0.25) is 5.91 Å². The number of nitrogens with one attached hydrogen (secondary N) is 2. The van der Waals surface area contributed by atoms with E-state index in [4.69, 9.17) is 0 Å². The zero-order valence-corrected chi connectivity index (χ0v) is 17.5. The predicted molar refractivity (Wildman–Crippen MR) is 117 cm³/mol. The summed E-state index contributed by atoms with van der Waals surface area (Å²) in [6, 6.07) is 13.8. The van der Waals surface area contributed by atoms with Gasteiger partial charge in [0.05, 0.1) is 16.4 Å². The minimum Gasteiger partial charge on any atom is -0.349 e. The molecular formula is C21H24N4O4S. The second kappa shape index (κ2) is 10.2. The van der Waals surface area contributed by atoms with Gasteiger partial charge in [-0.05, 0) is 43.4 Å². The fraction of sp³-hybridized carbons (Fsp3) is 0.333. The van der Waals surface area contributed by atoms with Gasteiger partial charge >= 0.3 is 0 Å². The molecule has 1 saturated heterocycles. The third-order valence-electron chi connectivity index (χ3n) is 4.99. The van der Waals surface area contributed by atoms with Crippen LogP contribution >= 0.6 is 11.8 Å². The van der Waals surface area contributed by atoms with E-state index in [9.17, 15) is 19.7 Å². The molecule has 158 valence electrons. The van der Waals surface area contributed by atoms with Crippen molar-refractivity contribution in [1.82, 2.24) is 10.2 Å². The Bertz CT molecular complexity index is 914.